The Labute approximate surface area is 129 Å². The van der Waals surface area contributed by atoms with Gasteiger partial charge < -0.3 is 4.74 Å². The van der Waals surface area contributed by atoms with Gasteiger partial charge in [0, 0.05) is 19.2 Å². The molecule has 0 amide bonds. The molecular formula is C15H29NO4S. The number of allylic oxidation sites excluding steroid dienone is 1. The highest BCUT2D eigenvalue weighted by Gasteiger charge is 2.10. The number of nitrogens with zero attached hydrogens (tertiary/aromatic N) is 1. The average Bonchev–Trinajstić information content (AvgIpc) is 2.39. The van der Waals surface area contributed by atoms with Crippen molar-refractivity contribution < 1.29 is 17.9 Å². The fourth-order valence-corrected chi connectivity index (χ4v) is 2.60. The number of rotatable bonds is 12. The van der Waals surface area contributed by atoms with E-state index in [4.69, 9.17) is 4.74 Å². The molecule has 5 nitrogen and oxygen atoms in total. The van der Waals surface area contributed by atoms with E-state index in [-0.39, 0.29) is 5.97 Å². The van der Waals surface area contributed by atoms with Crippen molar-refractivity contribution in [1.29, 1.82) is 0 Å². The lowest BCUT2D eigenvalue weighted by molar-refractivity contribution is -0.143. The Bertz CT molecular complexity index is 404. The van der Waals surface area contributed by atoms with E-state index in [1.807, 2.05) is 6.08 Å². The Morgan fingerprint density at radius 2 is 1.81 bits per heavy atom. The third-order valence-corrected chi connectivity index (χ3v) is 4.12. The molecule has 6 heteroatoms. The summed E-state index contributed by atoms with van der Waals surface area (Å²) in [5.41, 5.74) is 0. The normalized spacial score (nSPS) is 11.8. The van der Waals surface area contributed by atoms with Gasteiger partial charge in [-0.1, -0.05) is 32.3 Å². The second kappa shape index (κ2) is 11.6. The molecule has 0 aromatic carbocycles. The average molecular weight is 319 g/mol. The van der Waals surface area contributed by atoms with E-state index >= 15 is 0 Å². The SMILES string of the molecule is CCCC=CN(CCCCCCC(=O)OCC)S(C)(=O)=O. The van der Waals surface area contributed by atoms with Crippen molar-refractivity contribution in [3.05, 3.63) is 12.3 Å². The van der Waals surface area contributed by atoms with Crippen molar-refractivity contribution >= 4 is 16.0 Å². The summed E-state index contributed by atoms with van der Waals surface area (Å²) in [5.74, 6) is -0.155. The molecule has 0 heterocycles. The van der Waals surface area contributed by atoms with Crippen molar-refractivity contribution in [3.63, 3.8) is 0 Å². The maximum absolute atomic E-state index is 11.6. The first-order valence-corrected chi connectivity index (χ1v) is 9.55. The Morgan fingerprint density at radius 1 is 1.14 bits per heavy atom. The Kier molecular flexibility index (Phi) is 11.0. The lowest BCUT2D eigenvalue weighted by Crippen LogP contribution is -2.25. The third kappa shape index (κ3) is 11.3. The summed E-state index contributed by atoms with van der Waals surface area (Å²) < 4.78 is 29.5. The summed E-state index contributed by atoms with van der Waals surface area (Å²) in [7, 11) is -3.19. The zero-order valence-electron chi connectivity index (χ0n) is 13.5. The van der Waals surface area contributed by atoms with Crippen LogP contribution in [0.25, 0.3) is 0 Å². The van der Waals surface area contributed by atoms with Crippen LogP contribution in [0.3, 0.4) is 0 Å². The molecule has 0 saturated carbocycles. The smallest absolute Gasteiger partial charge is 0.305 e. The highest BCUT2D eigenvalue weighted by atomic mass is 32.2. The minimum Gasteiger partial charge on any atom is -0.466 e. The highest BCUT2D eigenvalue weighted by Crippen LogP contribution is 2.08. The molecule has 0 aliphatic rings. The van der Waals surface area contributed by atoms with Gasteiger partial charge in [-0.3, -0.25) is 9.10 Å². The molecule has 0 N–H and O–H groups in total. The van der Waals surface area contributed by atoms with E-state index < -0.39 is 10.0 Å². The Hall–Kier alpha value is -1.04. The van der Waals surface area contributed by atoms with Crippen molar-refractivity contribution in [1.82, 2.24) is 4.31 Å². The standard InChI is InChI=1S/C15H29NO4S/c1-4-6-10-13-16(21(3,18)19)14-11-8-7-9-12-15(17)20-5-2/h10,13H,4-9,11-12,14H2,1-3H3. The van der Waals surface area contributed by atoms with Crippen LogP contribution in [0, 0.1) is 0 Å². The molecule has 0 saturated heterocycles. The van der Waals surface area contributed by atoms with Crippen LogP contribution >= 0.6 is 0 Å². The maximum atomic E-state index is 11.6. The molecule has 124 valence electrons. The largest absolute Gasteiger partial charge is 0.466 e. The summed E-state index contributed by atoms with van der Waals surface area (Å²) in [5, 5.41) is 0. The van der Waals surface area contributed by atoms with Crippen LogP contribution in [0.2, 0.25) is 0 Å². The lowest BCUT2D eigenvalue weighted by Gasteiger charge is -2.17. The van der Waals surface area contributed by atoms with Gasteiger partial charge in [0.25, 0.3) is 0 Å². The molecule has 0 bridgehead atoms. The maximum Gasteiger partial charge on any atom is 0.305 e. The highest BCUT2D eigenvalue weighted by molar-refractivity contribution is 7.88. The minimum atomic E-state index is -3.19. The van der Waals surface area contributed by atoms with E-state index in [0.717, 1.165) is 38.5 Å². The van der Waals surface area contributed by atoms with E-state index in [1.54, 1.807) is 13.1 Å². The van der Waals surface area contributed by atoms with Crippen LogP contribution in [-0.2, 0) is 19.6 Å². The number of esters is 1. The molecular weight excluding hydrogens is 290 g/mol. The van der Waals surface area contributed by atoms with Crippen LogP contribution in [0.15, 0.2) is 12.3 Å². The molecule has 0 aromatic heterocycles. The zero-order valence-corrected chi connectivity index (χ0v) is 14.3. The first-order valence-electron chi connectivity index (χ1n) is 7.70. The van der Waals surface area contributed by atoms with Gasteiger partial charge in [0.1, 0.15) is 0 Å². The Balaban J connectivity index is 3.91. The van der Waals surface area contributed by atoms with Crippen LogP contribution < -0.4 is 0 Å². The molecule has 0 unspecified atom stereocenters. The van der Waals surface area contributed by atoms with E-state index in [2.05, 4.69) is 6.92 Å². The quantitative estimate of drug-likeness (QED) is 0.409. The van der Waals surface area contributed by atoms with Crippen molar-refractivity contribution in [2.75, 3.05) is 19.4 Å². The molecule has 0 aromatic rings. The molecule has 0 atom stereocenters. The van der Waals surface area contributed by atoms with Crippen molar-refractivity contribution in [2.24, 2.45) is 0 Å². The summed E-state index contributed by atoms with van der Waals surface area (Å²) in [6.07, 6.45) is 10.5. The monoisotopic (exact) mass is 319 g/mol. The van der Waals surface area contributed by atoms with E-state index in [9.17, 15) is 13.2 Å². The topological polar surface area (TPSA) is 63.7 Å². The summed E-state index contributed by atoms with van der Waals surface area (Å²) in [6, 6.07) is 0. The first kappa shape index (κ1) is 20.0. The fourth-order valence-electron chi connectivity index (χ4n) is 1.83. The third-order valence-electron chi connectivity index (χ3n) is 2.97. The predicted molar refractivity (Wildman–Crippen MR) is 85.3 cm³/mol. The van der Waals surface area contributed by atoms with Gasteiger partial charge in [-0.05, 0) is 26.2 Å². The number of unbranched alkanes of at least 4 members (excludes halogenated alkanes) is 4. The molecule has 0 aliphatic carbocycles. The van der Waals surface area contributed by atoms with Gasteiger partial charge in [-0.2, -0.15) is 0 Å². The minimum absolute atomic E-state index is 0.155. The lowest BCUT2D eigenvalue weighted by atomic mass is 10.1. The molecule has 0 spiro atoms. The van der Waals surface area contributed by atoms with Gasteiger partial charge in [0.15, 0.2) is 0 Å². The number of hydrogen-bond donors (Lipinski definition) is 0. The predicted octanol–water partition coefficient (Wildman–Crippen LogP) is 3.08. The van der Waals surface area contributed by atoms with Crippen molar-refractivity contribution in [3.8, 4) is 0 Å². The molecule has 21 heavy (non-hydrogen) atoms. The summed E-state index contributed by atoms with van der Waals surface area (Å²) >= 11 is 0. The first-order chi connectivity index (χ1) is 9.91. The van der Waals surface area contributed by atoms with Crippen LogP contribution in [0.5, 0.6) is 0 Å². The van der Waals surface area contributed by atoms with E-state index in [0.29, 0.717) is 19.6 Å². The molecule has 0 fully saturated rings. The van der Waals surface area contributed by atoms with Gasteiger partial charge in [0.05, 0.1) is 12.9 Å². The fraction of sp³-hybridized carbons (Fsp3) is 0.800. The van der Waals surface area contributed by atoms with Crippen molar-refractivity contribution in [2.45, 2.75) is 58.8 Å². The Morgan fingerprint density at radius 3 is 2.38 bits per heavy atom. The number of ether oxygens (including phenoxy) is 1. The van der Waals surface area contributed by atoms with Gasteiger partial charge in [0.2, 0.25) is 10.0 Å². The second-order valence-electron chi connectivity index (χ2n) is 5.02. The van der Waals surface area contributed by atoms with Crippen LogP contribution in [-0.4, -0.2) is 38.1 Å². The second-order valence-corrected chi connectivity index (χ2v) is 6.95. The summed E-state index contributed by atoms with van der Waals surface area (Å²) in [6.45, 7) is 4.77. The van der Waals surface area contributed by atoms with E-state index in [1.165, 1.54) is 10.6 Å². The molecule has 0 aliphatic heterocycles. The van der Waals surface area contributed by atoms with Crippen LogP contribution in [0.1, 0.15) is 58.8 Å². The van der Waals surface area contributed by atoms with Crippen LogP contribution in [0.4, 0.5) is 0 Å². The zero-order chi connectivity index (χ0) is 16.1. The number of carbonyl (C=O) groups is 1. The van der Waals surface area contributed by atoms with Gasteiger partial charge in [-0.25, -0.2) is 8.42 Å². The number of sulfonamides is 1. The molecule has 0 rings (SSSR count). The number of carbonyl (C=O) groups excluding carboxylic acids is 1. The van der Waals surface area contributed by atoms with Gasteiger partial charge in [-0.15, -0.1) is 0 Å². The summed E-state index contributed by atoms with van der Waals surface area (Å²) in [4.78, 5) is 11.1. The number of hydrogen-bond acceptors (Lipinski definition) is 4. The molecule has 0 radical (unpaired) electrons. The van der Waals surface area contributed by atoms with Gasteiger partial charge >= 0.3 is 5.97 Å².